The highest BCUT2D eigenvalue weighted by molar-refractivity contribution is 6.18. The molecule has 0 heterocycles. The lowest BCUT2D eigenvalue weighted by molar-refractivity contribution is 0.0619. The molecule has 0 spiro atoms. The number of aryl methyl sites for hydroxylation is 1. The molecule has 2 rings (SSSR count). The van der Waals surface area contributed by atoms with Crippen molar-refractivity contribution in [3.05, 3.63) is 56.6 Å². The fourth-order valence-corrected chi connectivity index (χ4v) is 8.38. The van der Waals surface area contributed by atoms with Crippen LogP contribution in [0.4, 0.5) is 0 Å². The summed E-state index contributed by atoms with van der Waals surface area (Å²) < 4.78 is 0. The van der Waals surface area contributed by atoms with Crippen molar-refractivity contribution in [1.29, 1.82) is 0 Å². The molecule has 8 heteroatoms. The Morgan fingerprint density at radius 1 is 0.357 bits per heavy atom. The summed E-state index contributed by atoms with van der Waals surface area (Å²) in [7, 11) is 0. The number of carbonyl (C=O) groups is 4. The molecule has 0 aliphatic heterocycles. The first-order valence-corrected chi connectivity index (χ1v) is 22.4. The van der Waals surface area contributed by atoms with Crippen LogP contribution in [0.2, 0.25) is 0 Å². The highest BCUT2D eigenvalue weighted by Crippen LogP contribution is 2.42. The number of unbranched alkanes of at least 4 members (excludes halogenated alkanes) is 20. The molecule has 0 aromatic heterocycles. The van der Waals surface area contributed by atoms with Crippen molar-refractivity contribution in [3.63, 3.8) is 0 Å². The lowest BCUT2D eigenvalue weighted by atomic mass is 9.77. The minimum Gasteiger partial charge on any atom is -0.478 e. The van der Waals surface area contributed by atoms with Gasteiger partial charge in [0, 0.05) is 5.56 Å². The van der Waals surface area contributed by atoms with Crippen molar-refractivity contribution < 1.29 is 39.6 Å². The summed E-state index contributed by atoms with van der Waals surface area (Å²) in [5.41, 5.74) is 0.951. The molecule has 314 valence electrons. The summed E-state index contributed by atoms with van der Waals surface area (Å²) >= 11 is 0. The normalized spacial score (nSPS) is 11.3. The van der Waals surface area contributed by atoms with Gasteiger partial charge in [-0.05, 0) is 79.2 Å². The lowest BCUT2D eigenvalue weighted by Crippen LogP contribution is -2.23. The molecule has 0 fully saturated rings. The molecule has 4 N–H and O–H groups in total. The summed E-state index contributed by atoms with van der Waals surface area (Å²) in [4.78, 5) is 52.2. The molecule has 56 heavy (non-hydrogen) atoms. The van der Waals surface area contributed by atoms with E-state index in [1.54, 1.807) is 0 Å². The highest BCUT2D eigenvalue weighted by Gasteiger charge is 2.37. The first kappa shape index (κ1) is 48.5. The van der Waals surface area contributed by atoms with Gasteiger partial charge >= 0.3 is 23.9 Å². The maximum atomic E-state index is 13.3. The Morgan fingerprint density at radius 3 is 1.07 bits per heavy atom. The Kier molecular flexibility index (Phi) is 24.1. The lowest BCUT2D eigenvalue weighted by Gasteiger charge is -2.25. The van der Waals surface area contributed by atoms with E-state index in [1.807, 2.05) is 6.07 Å². The highest BCUT2D eigenvalue weighted by atomic mass is 16.4. The Bertz CT molecular complexity index is 1520. The van der Waals surface area contributed by atoms with Gasteiger partial charge in [0.25, 0.3) is 0 Å². The zero-order chi connectivity index (χ0) is 41.3. The van der Waals surface area contributed by atoms with E-state index >= 15 is 0 Å². The molecule has 0 aliphatic rings. The topological polar surface area (TPSA) is 149 Å². The number of benzene rings is 2. The van der Waals surface area contributed by atoms with E-state index < -0.39 is 46.1 Å². The van der Waals surface area contributed by atoms with Gasteiger partial charge in [-0.15, -0.1) is 0 Å². The van der Waals surface area contributed by atoms with Crippen molar-refractivity contribution >= 4 is 23.9 Å². The van der Waals surface area contributed by atoms with Crippen molar-refractivity contribution in [2.75, 3.05) is 0 Å². The SMILES string of the molecule is CCCCCCCCc1ccc(-c2c(CCCCCCCC)c(C(=O)O)c(C(=O)O)c(C(=O)O)c2C(=O)O)c(CCCCCCCC)c1CCCCCCCC. The van der Waals surface area contributed by atoms with E-state index in [2.05, 4.69) is 33.8 Å². The van der Waals surface area contributed by atoms with Gasteiger partial charge in [-0.1, -0.05) is 168 Å². The smallest absolute Gasteiger partial charge is 0.337 e. The first-order chi connectivity index (χ1) is 27.1. The van der Waals surface area contributed by atoms with Gasteiger partial charge in [-0.25, -0.2) is 19.2 Å². The van der Waals surface area contributed by atoms with Crippen LogP contribution >= 0.6 is 0 Å². The minimum atomic E-state index is -1.76. The van der Waals surface area contributed by atoms with E-state index in [0.717, 1.165) is 128 Å². The molecule has 0 aliphatic carbocycles. The average Bonchev–Trinajstić information content (AvgIpc) is 3.16. The number of carboxylic acids is 4. The monoisotopic (exact) mass is 779 g/mol. The third-order valence-corrected chi connectivity index (χ3v) is 11.4. The second-order valence-corrected chi connectivity index (χ2v) is 15.9. The van der Waals surface area contributed by atoms with Gasteiger partial charge in [0.2, 0.25) is 0 Å². The van der Waals surface area contributed by atoms with Crippen molar-refractivity contribution in [3.8, 4) is 11.1 Å². The third kappa shape index (κ3) is 15.3. The fourth-order valence-electron chi connectivity index (χ4n) is 8.38. The molecule has 0 atom stereocenters. The van der Waals surface area contributed by atoms with Gasteiger partial charge in [0.1, 0.15) is 0 Å². The van der Waals surface area contributed by atoms with Crippen LogP contribution < -0.4 is 0 Å². The molecule has 0 unspecified atom stereocenters. The van der Waals surface area contributed by atoms with Crippen LogP contribution in [-0.4, -0.2) is 44.3 Å². The first-order valence-electron chi connectivity index (χ1n) is 22.4. The van der Waals surface area contributed by atoms with Crippen LogP contribution in [0.15, 0.2) is 12.1 Å². The number of aromatic carboxylic acids is 4. The Balaban J connectivity index is 2.99. The Labute approximate surface area is 337 Å². The zero-order valence-electron chi connectivity index (χ0n) is 35.4. The van der Waals surface area contributed by atoms with E-state index in [0.29, 0.717) is 18.4 Å². The van der Waals surface area contributed by atoms with Gasteiger partial charge in [0.15, 0.2) is 0 Å². The predicted octanol–water partition coefficient (Wildman–Crippen LogP) is 13.8. The Hall–Kier alpha value is -3.68. The van der Waals surface area contributed by atoms with Crippen LogP contribution in [0.5, 0.6) is 0 Å². The average molecular weight is 779 g/mol. The second-order valence-electron chi connectivity index (χ2n) is 15.9. The zero-order valence-corrected chi connectivity index (χ0v) is 35.4. The van der Waals surface area contributed by atoms with Gasteiger partial charge in [-0.3, -0.25) is 0 Å². The van der Waals surface area contributed by atoms with E-state index in [-0.39, 0.29) is 17.5 Å². The van der Waals surface area contributed by atoms with Crippen molar-refractivity contribution in [1.82, 2.24) is 0 Å². The van der Waals surface area contributed by atoms with Crippen LogP contribution in [0.25, 0.3) is 11.1 Å². The van der Waals surface area contributed by atoms with Crippen LogP contribution in [0.1, 0.15) is 245 Å². The molecule has 2 aromatic rings. The summed E-state index contributed by atoms with van der Waals surface area (Å²) in [6.45, 7) is 8.73. The van der Waals surface area contributed by atoms with Crippen LogP contribution in [0.3, 0.4) is 0 Å². The molecule has 8 nitrogen and oxygen atoms in total. The van der Waals surface area contributed by atoms with Crippen LogP contribution in [-0.2, 0) is 25.7 Å². The number of rotatable bonds is 33. The van der Waals surface area contributed by atoms with E-state index in [9.17, 15) is 39.6 Å². The van der Waals surface area contributed by atoms with Crippen molar-refractivity contribution in [2.45, 2.75) is 207 Å². The predicted molar refractivity (Wildman–Crippen MR) is 228 cm³/mol. The largest absolute Gasteiger partial charge is 0.478 e. The maximum Gasteiger partial charge on any atom is 0.337 e. The molecule has 2 aromatic carbocycles. The maximum absolute atomic E-state index is 13.3. The van der Waals surface area contributed by atoms with Gasteiger partial charge in [0.05, 0.1) is 22.3 Å². The standard InChI is InChI=1S/C48H74O8/c1-5-9-13-17-21-25-29-35-33-34-38(37(31-27-23-19-15-11-7-3)36(35)30-26-22-18-14-10-6-2)40-39(32-28-24-20-16-12-8-4)41(45(49)50)43(47(53)54)44(48(55)56)42(40)46(51)52/h33-34H,5-32H2,1-4H3,(H,49,50)(H,51,52)(H,53,54)(H,55,56). The van der Waals surface area contributed by atoms with Crippen molar-refractivity contribution in [2.24, 2.45) is 0 Å². The molecule has 0 radical (unpaired) electrons. The Morgan fingerprint density at radius 2 is 0.679 bits per heavy atom. The quantitative estimate of drug-likeness (QED) is 0.0523. The molecule has 0 saturated carbocycles. The van der Waals surface area contributed by atoms with Crippen LogP contribution in [0, 0.1) is 0 Å². The molecule has 0 amide bonds. The van der Waals surface area contributed by atoms with Gasteiger partial charge in [-0.2, -0.15) is 0 Å². The fraction of sp³-hybridized carbons (Fsp3) is 0.667. The van der Waals surface area contributed by atoms with E-state index in [1.165, 1.54) is 49.7 Å². The molecule has 0 bridgehead atoms. The summed E-state index contributed by atoms with van der Waals surface area (Å²) in [6, 6.07) is 3.96. The number of carboxylic acid groups (broad SMARTS) is 4. The summed E-state index contributed by atoms with van der Waals surface area (Å²) in [5, 5.41) is 42.3. The molecular weight excluding hydrogens is 705 g/mol. The third-order valence-electron chi connectivity index (χ3n) is 11.4. The second kappa shape index (κ2) is 27.8. The number of hydrogen-bond acceptors (Lipinski definition) is 4. The summed E-state index contributed by atoms with van der Waals surface area (Å²) in [6.07, 6.45) is 27.9. The van der Waals surface area contributed by atoms with Gasteiger partial charge < -0.3 is 20.4 Å². The molecular formula is C48H74O8. The number of hydrogen-bond donors (Lipinski definition) is 4. The summed E-state index contributed by atoms with van der Waals surface area (Å²) in [5.74, 6) is -6.66. The molecule has 0 saturated heterocycles. The van der Waals surface area contributed by atoms with E-state index in [4.69, 9.17) is 0 Å². The minimum absolute atomic E-state index is 0.0714.